The van der Waals surface area contributed by atoms with E-state index in [4.69, 9.17) is 0 Å². The maximum atomic E-state index is 12.2. The van der Waals surface area contributed by atoms with E-state index < -0.39 is 10.0 Å². The molecular formula is C16H26N2O2S. The number of hydrogen-bond acceptors (Lipinski definition) is 3. The molecule has 1 fully saturated rings. The van der Waals surface area contributed by atoms with E-state index >= 15 is 0 Å². The van der Waals surface area contributed by atoms with Gasteiger partial charge in [0, 0.05) is 12.6 Å². The van der Waals surface area contributed by atoms with Crippen LogP contribution in [0, 0.1) is 0 Å². The van der Waals surface area contributed by atoms with E-state index in [1.54, 1.807) is 12.1 Å². The Morgan fingerprint density at radius 1 is 1.33 bits per heavy atom. The zero-order valence-electron chi connectivity index (χ0n) is 12.9. The van der Waals surface area contributed by atoms with Crippen LogP contribution in [-0.2, 0) is 10.0 Å². The largest absolute Gasteiger partial charge is 0.314 e. The van der Waals surface area contributed by atoms with Gasteiger partial charge in [0.25, 0.3) is 0 Å². The quantitative estimate of drug-likeness (QED) is 0.814. The lowest BCUT2D eigenvalue weighted by Crippen LogP contribution is -2.30. The molecule has 0 bridgehead atoms. The number of benzene rings is 1. The number of rotatable bonds is 7. The first-order valence-electron chi connectivity index (χ1n) is 7.86. The summed E-state index contributed by atoms with van der Waals surface area (Å²) in [6, 6.07) is 7.71. The molecule has 0 amide bonds. The van der Waals surface area contributed by atoms with E-state index in [2.05, 4.69) is 23.9 Å². The maximum Gasteiger partial charge on any atom is 0.240 e. The minimum absolute atomic E-state index is 0.355. The molecule has 1 saturated heterocycles. The van der Waals surface area contributed by atoms with Crippen LogP contribution in [-0.4, -0.2) is 27.5 Å². The molecule has 1 heterocycles. The maximum absolute atomic E-state index is 12.2. The summed E-state index contributed by atoms with van der Waals surface area (Å²) in [7, 11) is -3.38. The van der Waals surface area contributed by atoms with Crippen molar-refractivity contribution in [2.45, 2.75) is 56.4 Å². The van der Waals surface area contributed by atoms with Crippen molar-refractivity contribution in [2.24, 2.45) is 0 Å². The van der Waals surface area contributed by atoms with Crippen molar-refractivity contribution < 1.29 is 8.42 Å². The van der Waals surface area contributed by atoms with Crippen LogP contribution in [0.4, 0.5) is 0 Å². The van der Waals surface area contributed by atoms with Crippen molar-refractivity contribution in [1.82, 2.24) is 10.0 Å². The van der Waals surface area contributed by atoms with Crippen molar-refractivity contribution in [3.05, 3.63) is 29.8 Å². The molecule has 0 aromatic heterocycles. The first-order valence-corrected chi connectivity index (χ1v) is 9.34. The van der Waals surface area contributed by atoms with Gasteiger partial charge in [-0.25, -0.2) is 13.1 Å². The molecular weight excluding hydrogens is 284 g/mol. The highest BCUT2D eigenvalue weighted by atomic mass is 32.2. The van der Waals surface area contributed by atoms with Crippen LogP contribution in [0.5, 0.6) is 0 Å². The van der Waals surface area contributed by atoms with Crippen molar-refractivity contribution in [2.75, 3.05) is 13.1 Å². The molecule has 0 aliphatic carbocycles. The van der Waals surface area contributed by atoms with Crippen molar-refractivity contribution in [3.63, 3.8) is 0 Å². The summed E-state index contributed by atoms with van der Waals surface area (Å²) >= 11 is 0. The number of hydrogen-bond donors (Lipinski definition) is 2. The second-order valence-electron chi connectivity index (χ2n) is 5.86. The lowest BCUT2D eigenvalue weighted by Gasteiger charge is -2.12. The smallest absolute Gasteiger partial charge is 0.240 e. The van der Waals surface area contributed by atoms with Crippen LogP contribution in [0.1, 0.15) is 51.0 Å². The summed E-state index contributed by atoms with van der Waals surface area (Å²) in [6.07, 6.45) is 4.24. The van der Waals surface area contributed by atoms with Crippen LogP contribution in [0.25, 0.3) is 0 Å². The molecule has 0 saturated carbocycles. The summed E-state index contributed by atoms with van der Waals surface area (Å²) in [4.78, 5) is 0.355. The van der Waals surface area contributed by atoms with Crippen molar-refractivity contribution in [3.8, 4) is 0 Å². The summed E-state index contributed by atoms with van der Waals surface area (Å²) in [5.41, 5.74) is 1.19. The lowest BCUT2D eigenvalue weighted by molar-refractivity contribution is 0.539. The average molecular weight is 310 g/mol. The zero-order chi connectivity index (χ0) is 15.3. The van der Waals surface area contributed by atoms with Crippen LogP contribution in [0.3, 0.4) is 0 Å². The highest BCUT2D eigenvalue weighted by molar-refractivity contribution is 7.89. The minimum Gasteiger partial charge on any atom is -0.314 e. The van der Waals surface area contributed by atoms with E-state index in [1.807, 2.05) is 12.1 Å². The van der Waals surface area contributed by atoms with Gasteiger partial charge in [-0.1, -0.05) is 26.0 Å². The van der Waals surface area contributed by atoms with E-state index in [-0.39, 0.29) is 0 Å². The van der Waals surface area contributed by atoms with Gasteiger partial charge in [0.05, 0.1) is 4.90 Å². The van der Waals surface area contributed by atoms with Crippen LogP contribution in [0.2, 0.25) is 0 Å². The molecule has 1 aliphatic rings. The van der Waals surface area contributed by atoms with Crippen LogP contribution in [0.15, 0.2) is 29.2 Å². The van der Waals surface area contributed by atoms with Gasteiger partial charge in [0.1, 0.15) is 0 Å². The first-order chi connectivity index (χ1) is 10.0. The van der Waals surface area contributed by atoms with Gasteiger partial charge in [-0.3, -0.25) is 0 Å². The summed E-state index contributed by atoms with van der Waals surface area (Å²) < 4.78 is 27.1. The third-order valence-electron chi connectivity index (χ3n) is 4.32. The molecule has 1 aromatic carbocycles. The van der Waals surface area contributed by atoms with E-state index in [9.17, 15) is 8.42 Å². The average Bonchev–Trinajstić information content (AvgIpc) is 2.99. The van der Waals surface area contributed by atoms with Gasteiger partial charge in [-0.05, 0) is 55.8 Å². The fraction of sp³-hybridized carbons (Fsp3) is 0.625. The van der Waals surface area contributed by atoms with Crippen molar-refractivity contribution >= 4 is 10.0 Å². The van der Waals surface area contributed by atoms with Gasteiger partial charge in [0.15, 0.2) is 0 Å². The standard InChI is InChI=1S/C16H26N2O2S/c1-3-13(2)14-6-8-16(9-7-14)21(19,20)18-12-10-15-5-4-11-17-15/h6-9,13,15,17-18H,3-5,10-12H2,1-2H3/t13?,15-/m1/s1. The Kier molecular flexibility index (Phi) is 5.79. The van der Waals surface area contributed by atoms with E-state index in [0.29, 0.717) is 23.4 Å². The third kappa shape index (κ3) is 4.53. The number of nitrogens with one attached hydrogen (secondary N) is 2. The third-order valence-corrected chi connectivity index (χ3v) is 5.80. The molecule has 0 radical (unpaired) electrons. The van der Waals surface area contributed by atoms with Gasteiger partial charge < -0.3 is 5.32 Å². The molecule has 21 heavy (non-hydrogen) atoms. The highest BCUT2D eigenvalue weighted by Gasteiger charge is 2.17. The Morgan fingerprint density at radius 3 is 2.62 bits per heavy atom. The Balaban J connectivity index is 1.92. The summed E-state index contributed by atoms with van der Waals surface area (Å²) in [5.74, 6) is 0.461. The van der Waals surface area contributed by atoms with E-state index in [0.717, 1.165) is 25.8 Å². The second kappa shape index (κ2) is 7.38. The Bertz CT molecular complexity index is 534. The molecule has 118 valence electrons. The predicted molar refractivity (Wildman–Crippen MR) is 86.0 cm³/mol. The van der Waals surface area contributed by atoms with Gasteiger partial charge in [-0.15, -0.1) is 0 Å². The topological polar surface area (TPSA) is 58.2 Å². The molecule has 1 aliphatic heterocycles. The fourth-order valence-electron chi connectivity index (χ4n) is 2.67. The monoisotopic (exact) mass is 310 g/mol. The normalized spacial score (nSPS) is 20.6. The Labute approximate surface area is 128 Å². The van der Waals surface area contributed by atoms with Crippen molar-refractivity contribution in [1.29, 1.82) is 0 Å². The fourth-order valence-corrected chi connectivity index (χ4v) is 3.71. The molecule has 2 atom stereocenters. The molecule has 4 nitrogen and oxygen atoms in total. The van der Waals surface area contributed by atoms with Gasteiger partial charge >= 0.3 is 0 Å². The molecule has 2 N–H and O–H groups in total. The molecule has 1 unspecified atom stereocenters. The van der Waals surface area contributed by atoms with Gasteiger partial charge in [-0.2, -0.15) is 0 Å². The Morgan fingerprint density at radius 2 is 2.05 bits per heavy atom. The minimum atomic E-state index is -3.38. The highest BCUT2D eigenvalue weighted by Crippen LogP contribution is 2.20. The SMILES string of the molecule is CCC(C)c1ccc(S(=O)(=O)NCC[C@H]2CCCN2)cc1. The summed E-state index contributed by atoms with van der Waals surface area (Å²) in [6.45, 7) is 5.83. The van der Waals surface area contributed by atoms with Crippen LogP contribution >= 0.6 is 0 Å². The van der Waals surface area contributed by atoms with Gasteiger partial charge in [0.2, 0.25) is 10.0 Å². The molecule has 0 spiro atoms. The lowest BCUT2D eigenvalue weighted by atomic mass is 9.99. The van der Waals surface area contributed by atoms with Crippen LogP contribution < -0.4 is 10.0 Å². The second-order valence-corrected chi connectivity index (χ2v) is 7.63. The Hall–Kier alpha value is -0.910. The molecule has 5 heteroatoms. The predicted octanol–water partition coefficient (Wildman–Crippen LogP) is 2.62. The van der Waals surface area contributed by atoms with E-state index in [1.165, 1.54) is 12.0 Å². The first kappa shape index (κ1) is 16.5. The summed E-state index contributed by atoms with van der Waals surface area (Å²) in [5, 5.41) is 3.37. The number of sulfonamides is 1. The molecule has 2 rings (SSSR count). The zero-order valence-corrected chi connectivity index (χ0v) is 13.7. The molecule has 1 aromatic rings.